The van der Waals surface area contributed by atoms with Crippen LogP contribution in [0.5, 0.6) is 0 Å². The van der Waals surface area contributed by atoms with Crippen molar-refractivity contribution in [2.24, 2.45) is 0 Å². The van der Waals surface area contributed by atoms with E-state index in [0.29, 0.717) is 6.42 Å². The first-order valence-electron chi connectivity index (χ1n) is 13.4. The molecule has 2 atom stereocenters. The van der Waals surface area contributed by atoms with Crippen LogP contribution in [-0.4, -0.2) is 29.6 Å². The van der Waals surface area contributed by atoms with Crippen molar-refractivity contribution in [3.63, 3.8) is 0 Å². The number of ether oxygens (including phenoxy) is 2. The minimum atomic E-state index is -0.663. The zero-order valence-electron chi connectivity index (χ0n) is 21.9. The molecule has 0 radical (unpaired) electrons. The lowest BCUT2D eigenvalue weighted by Crippen LogP contribution is -2.13. The van der Waals surface area contributed by atoms with Crippen LogP contribution < -0.4 is 0 Å². The average Bonchev–Trinajstić information content (AvgIpc) is 3.07. The number of hydrogen-bond acceptors (Lipinski definition) is 3. The van der Waals surface area contributed by atoms with Gasteiger partial charge in [-0.25, -0.2) is 0 Å². The Morgan fingerprint density at radius 2 is 0.968 bits per heavy atom. The van der Waals surface area contributed by atoms with Gasteiger partial charge in [0.1, 0.15) is 0 Å². The molecule has 0 amide bonds. The van der Waals surface area contributed by atoms with Crippen LogP contribution in [0.1, 0.15) is 151 Å². The van der Waals surface area contributed by atoms with Crippen LogP contribution >= 0.6 is 0 Å². The fourth-order valence-corrected chi connectivity index (χ4v) is 3.34. The number of carboxylic acid groups (broad SMARTS) is 1. The van der Waals surface area contributed by atoms with Gasteiger partial charge in [-0.3, -0.25) is 4.79 Å². The van der Waals surface area contributed by atoms with Gasteiger partial charge in [0.2, 0.25) is 0 Å². The largest absolute Gasteiger partial charge is 0.481 e. The Kier molecular flexibility index (Phi) is 26.9. The number of rotatable bonds is 16. The summed E-state index contributed by atoms with van der Waals surface area (Å²) in [6.45, 7) is 13.1. The fourth-order valence-electron chi connectivity index (χ4n) is 3.34. The highest BCUT2D eigenvalue weighted by Gasteiger charge is 2.28. The third kappa shape index (κ3) is 25.5. The molecule has 1 fully saturated rings. The Hall–Kier alpha value is -0.610. The molecule has 0 aromatic heterocycles. The van der Waals surface area contributed by atoms with Crippen molar-refractivity contribution in [3.8, 4) is 0 Å². The Morgan fingerprint density at radius 1 is 0.613 bits per heavy atom. The molecule has 1 N–H and O–H groups in total. The molecular weight excluding hydrogens is 388 g/mol. The van der Waals surface area contributed by atoms with Gasteiger partial charge >= 0.3 is 5.97 Å². The highest BCUT2D eigenvalue weighted by Crippen LogP contribution is 2.22. The Labute approximate surface area is 194 Å². The SMILES string of the molecule is CCCCCC.CCCCCCC1OC(C)C(C)O1.CCCCCCCCCC(=O)O. The number of unbranched alkanes of at least 4 members (excludes halogenated alkanes) is 12. The van der Waals surface area contributed by atoms with E-state index < -0.39 is 5.97 Å². The molecule has 0 aromatic rings. The highest BCUT2D eigenvalue weighted by molar-refractivity contribution is 5.66. The minimum Gasteiger partial charge on any atom is -0.481 e. The Morgan fingerprint density at radius 3 is 1.39 bits per heavy atom. The quantitative estimate of drug-likeness (QED) is 0.241. The van der Waals surface area contributed by atoms with E-state index >= 15 is 0 Å². The molecule has 1 aliphatic rings. The molecule has 4 nitrogen and oxygen atoms in total. The van der Waals surface area contributed by atoms with E-state index in [9.17, 15) is 4.79 Å². The van der Waals surface area contributed by atoms with E-state index in [4.69, 9.17) is 14.6 Å². The van der Waals surface area contributed by atoms with Crippen molar-refractivity contribution in [2.45, 2.75) is 169 Å². The van der Waals surface area contributed by atoms with Gasteiger partial charge in [-0.15, -0.1) is 0 Å². The summed E-state index contributed by atoms with van der Waals surface area (Å²) in [6.07, 6.45) is 21.0. The third-order valence-electron chi connectivity index (χ3n) is 5.64. The predicted octanol–water partition coefficient (Wildman–Crippen LogP) is 8.91. The van der Waals surface area contributed by atoms with Gasteiger partial charge < -0.3 is 14.6 Å². The van der Waals surface area contributed by atoms with Crippen LogP contribution in [0.25, 0.3) is 0 Å². The monoisotopic (exact) mass is 444 g/mol. The number of hydrogen-bond donors (Lipinski definition) is 1. The fraction of sp³-hybridized carbons (Fsp3) is 0.963. The molecule has 0 aliphatic carbocycles. The summed E-state index contributed by atoms with van der Waals surface area (Å²) in [5.41, 5.74) is 0. The summed E-state index contributed by atoms with van der Waals surface area (Å²) < 4.78 is 11.3. The van der Waals surface area contributed by atoms with Crippen LogP contribution in [0.2, 0.25) is 0 Å². The molecule has 1 saturated heterocycles. The van der Waals surface area contributed by atoms with Crippen LogP contribution in [0.15, 0.2) is 0 Å². The first-order valence-corrected chi connectivity index (χ1v) is 13.4. The lowest BCUT2D eigenvalue weighted by atomic mass is 10.1. The van der Waals surface area contributed by atoms with E-state index in [1.165, 1.54) is 83.5 Å². The van der Waals surface area contributed by atoms with Crippen LogP contribution in [0.4, 0.5) is 0 Å². The van der Waals surface area contributed by atoms with E-state index in [0.717, 1.165) is 19.3 Å². The molecule has 31 heavy (non-hydrogen) atoms. The van der Waals surface area contributed by atoms with Crippen molar-refractivity contribution in [2.75, 3.05) is 0 Å². The molecule has 1 heterocycles. The topological polar surface area (TPSA) is 55.8 Å². The molecule has 188 valence electrons. The molecule has 0 bridgehead atoms. The summed E-state index contributed by atoms with van der Waals surface area (Å²) in [4.78, 5) is 10.1. The first kappa shape index (κ1) is 32.6. The minimum absolute atomic E-state index is 0.0712. The molecule has 0 spiro atoms. The van der Waals surface area contributed by atoms with Gasteiger partial charge in [-0.1, -0.05) is 111 Å². The smallest absolute Gasteiger partial charge is 0.303 e. The molecule has 1 rings (SSSR count). The standard InChI is InChI=1S/C11H22O2.C10H20O2.C6H14/c1-4-5-6-7-8-11-12-9(2)10(3)13-11;1-2-3-4-5-6-7-8-9-10(11)12;1-3-5-6-4-2/h9-11H,4-8H2,1-3H3;2-9H2,1H3,(H,11,12);3-6H2,1-2H3. The lowest BCUT2D eigenvalue weighted by Gasteiger charge is -2.08. The Balaban J connectivity index is 0. The first-order chi connectivity index (χ1) is 14.9. The maximum absolute atomic E-state index is 10.1. The second-order valence-electron chi connectivity index (χ2n) is 8.93. The van der Waals surface area contributed by atoms with Gasteiger partial charge in [0, 0.05) is 6.42 Å². The zero-order valence-corrected chi connectivity index (χ0v) is 21.9. The van der Waals surface area contributed by atoms with Gasteiger partial charge in [0.25, 0.3) is 0 Å². The Bertz CT molecular complexity index is 345. The van der Waals surface area contributed by atoms with Gasteiger partial charge in [0.05, 0.1) is 12.2 Å². The second-order valence-corrected chi connectivity index (χ2v) is 8.93. The summed E-state index contributed by atoms with van der Waals surface area (Å²) in [7, 11) is 0. The van der Waals surface area contributed by atoms with Crippen molar-refractivity contribution < 1.29 is 19.4 Å². The van der Waals surface area contributed by atoms with Gasteiger partial charge in [-0.2, -0.15) is 0 Å². The number of carbonyl (C=O) groups is 1. The van der Waals surface area contributed by atoms with Crippen molar-refractivity contribution in [1.29, 1.82) is 0 Å². The average molecular weight is 445 g/mol. The molecule has 0 aromatic carbocycles. The lowest BCUT2D eigenvalue weighted by molar-refractivity contribution is -0.137. The van der Waals surface area contributed by atoms with E-state index in [1.54, 1.807) is 0 Å². The summed E-state index contributed by atoms with van der Waals surface area (Å²) in [6, 6.07) is 0. The zero-order chi connectivity index (χ0) is 23.7. The molecule has 1 aliphatic heterocycles. The van der Waals surface area contributed by atoms with Crippen LogP contribution in [0, 0.1) is 0 Å². The third-order valence-corrected chi connectivity index (χ3v) is 5.64. The summed E-state index contributed by atoms with van der Waals surface area (Å²) >= 11 is 0. The van der Waals surface area contributed by atoms with Crippen LogP contribution in [-0.2, 0) is 14.3 Å². The second kappa shape index (κ2) is 25.6. The van der Waals surface area contributed by atoms with Crippen molar-refractivity contribution >= 4 is 5.97 Å². The highest BCUT2D eigenvalue weighted by atomic mass is 16.7. The number of carboxylic acids is 1. The molecule has 4 heteroatoms. The van der Waals surface area contributed by atoms with E-state index in [-0.39, 0.29) is 18.5 Å². The maximum Gasteiger partial charge on any atom is 0.303 e. The number of aliphatic carboxylic acids is 1. The van der Waals surface area contributed by atoms with Crippen LogP contribution in [0.3, 0.4) is 0 Å². The van der Waals surface area contributed by atoms with Crippen molar-refractivity contribution in [3.05, 3.63) is 0 Å². The molecule has 2 unspecified atom stereocenters. The van der Waals surface area contributed by atoms with E-state index in [1.807, 2.05) is 0 Å². The predicted molar refractivity (Wildman–Crippen MR) is 134 cm³/mol. The van der Waals surface area contributed by atoms with E-state index in [2.05, 4.69) is 41.5 Å². The summed E-state index contributed by atoms with van der Waals surface area (Å²) in [5.74, 6) is -0.663. The normalized spacial score (nSPS) is 19.9. The van der Waals surface area contributed by atoms with Gasteiger partial charge in [-0.05, 0) is 33.1 Å². The van der Waals surface area contributed by atoms with Crippen molar-refractivity contribution in [1.82, 2.24) is 0 Å². The summed E-state index contributed by atoms with van der Waals surface area (Å²) in [5, 5.41) is 8.35. The van der Waals surface area contributed by atoms with Gasteiger partial charge in [0.15, 0.2) is 6.29 Å². The maximum atomic E-state index is 10.1. The molecule has 0 saturated carbocycles. The molecular formula is C27H56O4.